The van der Waals surface area contributed by atoms with Crippen molar-refractivity contribution in [1.82, 2.24) is 15.2 Å². The molecule has 10 nitrogen and oxygen atoms in total. The normalized spacial score (nSPS) is 19.8. The van der Waals surface area contributed by atoms with Crippen molar-refractivity contribution in [2.24, 2.45) is 10.9 Å². The van der Waals surface area contributed by atoms with Gasteiger partial charge in [-0.15, -0.1) is 4.83 Å². The Hall–Kier alpha value is -2.66. The molecule has 11 heteroatoms. The maximum atomic E-state index is 12.3. The molecular formula is C19H28N4O6S. The highest BCUT2D eigenvalue weighted by Crippen LogP contribution is 2.26. The monoisotopic (exact) mass is 440 g/mol. The summed E-state index contributed by atoms with van der Waals surface area (Å²) in [5.74, 6) is -1.29. The number of rotatable bonds is 7. The van der Waals surface area contributed by atoms with Crippen LogP contribution in [0.25, 0.3) is 0 Å². The molecule has 0 radical (unpaired) electrons. The highest BCUT2D eigenvalue weighted by atomic mass is 32.2. The van der Waals surface area contributed by atoms with E-state index in [1.807, 2.05) is 6.92 Å². The molecule has 0 aliphatic carbocycles. The Morgan fingerprint density at radius 3 is 2.50 bits per heavy atom. The van der Waals surface area contributed by atoms with Crippen LogP contribution in [0.2, 0.25) is 0 Å². The molecule has 0 spiro atoms. The highest BCUT2D eigenvalue weighted by Gasteiger charge is 2.41. The lowest BCUT2D eigenvalue weighted by Gasteiger charge is -2.26. The Morgan fingerprint density at radius 1 is 1.30 bits per heavy atom. The second-order valence-electron chi connectivity index (χ2n) is 8.15. The molecule has 1 aromatic rings. The number of carboxylic acid groups (broad SMARTS) is 1. The zero-order chi connectivity index (χ0) is 22.5. The summed E-state index contributed by atoms with van der Waals surface area (Å²) in [6.07, 6.45) is 0.754. The molecule has 1 saturated heterocycles. The van der Waals surface area contributed by atoms with Gasteiger partial charge in [0.15, 0.2) is 0 Å². The number of carboxylic acids is 1. The van der Waals surface area contributed by atoms with E-state index in [9.17, 15) is 23.1 Å². The van der Waals surface area contributed by atoms with Crippen LogP contribution in [0, 0.1) is 12.8 Å². The number of nitrogens with one attached hydrogen (secondary N) is 2. The van der Waals surface area contributed by atoms with Gasteiger partial charge in [0.1, 0.15) is 11.6 Å². The molecule has 0 bridgehead atoms. The van der Waals surface area contributed by atoms with Gasteiger partial charge in [0.2, 0.25) is 0 Å². The number of likely N-dealkylation sites (tertiary alicyclic amines) is 1. The predicted octanol–water partition coefficient (Wildman–Crippen LogP) is 1.52. The van der Waals surface area contributed by atoms with Crippen molar-refractivity contribution in [1.29, 1.82) is 0 Å². The Morgan fingerprint density at radius 2 is 1.93 bits per heavy atom. The summed E-state index contributed by atoms with van der Waals surface area (Å²) < 4.78 is 29.6. The van der Waals surface area contributed by atoms with E-state index in [-0.39, 0.29) is 30.3 Å². The topological polar surface area (TPSA) is 137 Å². The summed E-state index contributed by atoms with van der Waals surface area (Å²) in [5.41, 5.74) is 2.63. The number of aliphatic carboxylic acids is 1. The van der Waals surface area contributed by atoms with Gasteiger partial charge in [-0.05, 0) is 52.2 Å². The Bertz CT molecular complexity index is 893. The first kappa shape index (κ1) is 23.6. The van der Waals surface area contributed by atoms with Crippen molar-refractivity contribution in [2.75, 3.05) is 13.1 Å². The number of carbonyl (C=O) groups excluding carboxylic acids is 1. The number of sulfonamides is 1. The fourth-order valence-electron chi connectivity index (χ4n) is 2.94. The lowest BCUT2D eigenvalue weighted by molar-refractivity contribution is -0.142. The Kier molecular flexibility index (Phi) is 7.43. The molecule has 3 N–H and O–H groups in total. The Balaban J connectivity index is 1.88. The third kappa shape index (κ3) is 6.70. The number of aryl methyl sites for hydroxylation is 1. The van der Waals surface area contributed by atoms with Crippen molar-refractivity contribution in [3.8, 4) is 0 Å². The van der Waals surface area contributed by atoms with E-state index in [1.165, 1.54) is 23.4 Å². The van der Waals surface area contributed by atoms with Crippen LogP contribution < -0.4 is 10.3 Å². The van der Waals surface area contributed by atoms with Crippen LogP contribution in [0.5, 0.6) is 0 Å². The number of amides is 1. The van der Waals surface area contributed by atoms with E-state index in [4.69, 9.17) is 4.74 Å². The first-order valence-corrected chi connectivity index (χ1v) is 10.9. The van der Waals surface area contributed by atoms with Crippen LogP contribution in [0.15, 0.2) is 34.2 Å². The smallest absolute Gasteiger partial charge is 0.411 e. The minimum atomic E-state index is -3.73. The minimum absolute atomic E-state index is 0.113. The first-order chi connectivity index (χ1) is 13.9. The molecule has 1 aliphatic rings. The maximum absolute atomic E-state index is 12.3. The van der Waals surface area contributed by atoms with Crippen LogP contribution in [0.1, 0.15) is 32.8 Å². The molecule has 0 unspecified atom stereocenters. The summed E-state index contributed by atoms with van der Waals surface area (Å²) in [6, 6.07) is 5.39. The highest BCUT2D eigenvalue weighted by molar-refractivity contribution is 7.89. The van der Waals surface area contributed by atoms with Crippen molar-refractivity contribution < 1.29 is 27.9 Å². The maximum Gasteiger partial charge on any atom is 0.411 e. The van der Waals surface area contributed by atoms with Crippen LogP contribution in [0.3, 0.4) is 0 Å². The van der Waals surface area contributed by atoms with Crippen LogP contribution >= 0.6 is 0 Å². The molecule has 1 aliphatic heterocycles. The molecule has 30 heavy (non-hydrogen) atoms. The number of hydrogen-bond acceptors (Lipinski definition) is 6. The number of benzene rings is 1. The average molecular weight is 441 g/mol. The van der Waals surface area contributed by atoms with Gasteiger partial charge in [0.25, 0.3) is 10.0 Å². The molecule has 2 rings (SSSR count). The summed E-state index contributed by atoms with van der Waals surface area (Å²) in [7, 11) is -3.73. The fraction of sp³-hybridized carbons (Fsp3) is 0.526. The van der Waals surface area contributed by atoms with Gasteiger partial charge in [-0.3, -0.25) is 15.3 Å². The Labute approximate surface area is 176 Å². The van der Waals surface area contributed by atoms with Crippen molar-refractivity contribution >= 4 is 28.4 Å². The van der Waals surface area contributed by atoms with E-state index in [0.29, 0.717) is 0 Å². The van der Waals surface area contributed by atoms with Gasteiger partial charge < -0.3 is 9.84 Å². The minimum Gasteiger partial charge on any atom is -0.480 e. The van der Waals surface area contributed by atoms with E-state index in [1.54, 1.807) is 32.9 Å². The third-order valence-electron chi connectivity index (χ3n) is 4.34. The molecule has 1 heterocycles. The number of aliphatic imine (C=N–C) groups is 1. The zero-order valence-electron chi connectivity index (χ0n) is 17.5. The molecule has 0 saturated carbocycles. The summed E-state index contributed by atoms with van der Waals surface area (Å²) in [6.45, 7) is 7.41. The van der Waals surface area contributed by atoms with Gasteiger partial charge in [-0.1, -0.05) is 17.7 Å². The van der Waals surface area contributed by atoms with Crippen molar-refractivity contribution in [3.05, 3.63) is 29.8 Å². The summed E-state index contributed by atoms with van der Waals surface area (Å²) in [5, 5.41) is 9.40. The molecule has 2 atom stereocenters. The zero-order valence-corrected chi connectivity index (χ0v) is 18.3. The number of hydrazine groups is 1. The van der Waals surface area contributed by atoms with Gasteiger partial charge in [0, 0.05) is 13.1 Å². The van der Waals surface area contributed by atoms with E-state index < -0.39 is 33.7 Å². The molecule has 166 valence electrons. The van der Waals surface area contributed by atoms with Gasteiger partial charge >= 0.3 is 12.1 Å². The van der Waals surface area contributed by atoms with Gasteiger partial charge in [-0.25, -0.2) is 18.0 Å². The van der Waals surface area contributed by atoms with Crippen molar-refractivity contribution in [2.45, 2.75) is 50.7 Å². The fourth-order valence-corrected chi connectivity index (χ4v) is 3.76. The standard InChI is InChI=1S/C19H28N4O6S/c1-13-5-7-15(8-6-13)30(27,28)22-21-12-20-10-14-9-16(17(24)25)23(11-14)18(26)29-19(2,3)4/h5-8,12,14,16,22H,9-11H2,1-4H3,(H,20,21)(H,24,25)/t14-,16+/m0/s1. The third-order valence-corrected chi connectivity index (χ3v) is 5.62. The predicted molar refractivity (Wildman–Crippen MR) is 110 cm³/mol. The van der Waals surface area contributed by atoms with Crippen LogP contribution in [-0.4, -0.2) is 61.6 Å². The largest absolute Gasteiger partial charge is 0.480 e. The first-order valence-electron chi connectivity index (χ1n) is 9.44. The lowest BCUT2D eigenvalue weighted by Crippen LogP contribution is -2.43. The van der Waals surface area contributed by atoms with Gasteiger partial charge in [0.05, 0.1) is 11.2 Å². The molecule has 1 fully saturated rings. The molecule has 1 amide bonds. The lowest BCUT2D eigenvalue weighted by atomic mass is 10.1. The van der Waals surface area contributed by atoms with Gasteiger partial charge in [-0.2, -0.15) is 0 Å². The number of carbonyl (C=O) groups is 2. The number of nitrogens with zero attached hydrogens (tertiary/aromatic N) is 2. The molecule has 0 aromatic heterocycles. The van der Waals surface area contributed by atoms with Crippen molar-refractivity contribution in [3.63, 3.8) is 0 Å². The van der Waals surface area contributed by atoms with E-state index in [2.05, 4.69) is 15.2 Å². The van der Waals surface area contributed by atoms with Crippen LogP contribution in [0.4, 0.5) is 4.79 Å². The van der Waals surface area contributed by atoms with E-state index >= 15 is 0 Å². The summed E-state index contributed by atoms with van der Waals surface area (Å²) >= 11 is 0. The SMILES string of the molecule is Cc1ccc(S(=O)(=O)NNC=NC[C@@H]2C[C@H](C(=O)O)N(C(=O)OC(C)(C)C)C2)cc1. The number of ether oxygens (including phenoxy) is 1. The summed E-state index contributed by atoms with van der Waals surface area (Å²) in [4.78, 5) is 31.4. The molecular weight excluding hydrogens is 412 g/mol. The second-order valence-corrected chi connectivity index (χ2v) is 9.83. The van der Waals surface area contributed by atoms with E-state index in [0.717, 1.165) is 5.56 Å². The second kappa shape index (κ2) is 9.43. The molecule has 1 aromatic carbocycles. The van der Waals surface area contributed by atoms with Crippen LogP contribution in [-0.2, 0) is 19.6 Å². The quantitative estimate of drug-likeness (QED) is 0.332. The number of hydrogen-bond donors (Lipinski definition) is 3. The average Bonchev–Trinajstić information content (AvgIpc) is 3.05.